The maximum absolute atomic E-state index is 13.2. The molecule has 0 aromatic heterocycles. The summed E-state index contributed by atoms with van der Waals surface area (Å²) in [6.45, 7) is 0.809. The van der Waals surface area contributed by atoms with E-state index in [1.165, 1.54) is 11.0 Å². The first-order chi connectivity index (χ1) is 12.8. The summed E-state index contributed by atoms with van der Waals surface area (Å²) in [5, 5.41) is 0. The third kappa shape index (κ3) is 3.13. The lowest BCUT2D eigenvalue weighted by Gasteiger charge is -2.27. The average Bonchev–Trinajstić information content (AvgIpc) is 2.87. The minimum absolute atomic E-state index is 0.0858. The van der Waals surface area contributed by atoms with Crippen LogP contribution in [0.15, 0.2) is 53.5 Å². The van der Waals surface area contributed by atoms with Gasteiger partial charge in [0.1, 0.15) is 5.75 Å². The van der Waals surface area contributed by atoms with Crippen LogP contribution < -0.4 is 10.5 Å². The van der Waals surface area contributed by atoms with Gasteiger partial charge in [-0.3, -0.25) is 9.69 Å². The Morgan fingerprint density at radius 2 is 1.78 bits per heavy atom. The monoisotopic (exact) mass is 373 g/mol. The van der Waals surface area contributed by atoms with Crippen molar-refractivity contribution >= 4 is 11.9 Å². The van der Waals surface area contributed by atoms with E-state index in [2.05, 4.69) is 9.73 Å². The quantitative estimate of drug-likeness (QED) is 0.873. The summed E-state index contributed by atoms with van der Waals surface area (Å²) >= 11 is 0. The second-order valence-electron chi connectivity index (χ2n) is 6.70. The van der Waals surface area contributed by atoms with Crippen molar-refractivity contribution in [2.75, 3.05) is 7.05 Å². The number of guanidine groups is 1. The zero-order valence-electron chi connectivity index (χ0n) is 15.3. The largest absolute Gasteiger partial charge is 0.435 e. The summed E-state index contributed by atoms with van der Waals surface area (Å²) in [7, 11) is 1.56. The number of hydrogen-bond acceptors (Lipinski definition) is 4. The fraction of sp³-hybridized carbons (Fsp3) is 0.300. The first kappa shape index (κ1) is 18.8. The lowest BCUT2D eigenvalue weighted by atomic mass is 9.81. The normalized spacial score (nSPS) is 19.7. The maximum atomic E-state index is 13.2. The number of aliphatic imine (C=N–C) groups is 1. The summed E-state index contributed by atoms with van der Waals surface area (Å²) in [6, 6.07) is 13.8. The Kier molecular flexibility index (Phi) is 4.87. The molecule has 1 aliphatic heterocycles. The molecule has 142 valence electrons. The lowest BCUT2D eigenvalue weighted by Crippen LogP contribution is -2.41. The number of ether oxygens (including phenoxy) is 1. The maximum Gasteiger partial charge on any atom is 0.387 e. The van der Waals surface area contributed by atoms with Gasteiger partial charge in [0.15, 0.2) is 11.5 Å². The summed E-state index contributed by atoms with van der Waals surface area (Å²) in [5.74, 6) is -0.212. The molecule has 1 atom stereocenters. The number of carbonyl (C=O) groups is 1. The number of amides is 1. The molecular weight excluding hydrogens is 352 g/mol. The van der Waals surface area contributed by atoms with Crippen LogP contribution in [0.5, 0.6) is 5.75 Å². The van der Waals surface area contributed by atoms with Gasteiger partial charge < -0.3 is 10.5 Å². The van der Waals surface area contributed by atoms with Gasteiger partial charge in [0.25, 0.3) is 5.91 Å². The van der Waals surface area contributed by atoms with E-state index in [9.17, 15) is 13.6 Å². The number of likely N-dealkylation sites (N-methyl/N-ethyl adjacent to an activating group) is 1. The molecule has 27 heavy (non-hydrogen) atoms. The van der Waals surface area contributed by atoms with Gasteiger partial charge in [0, 0.05) is 7.05 Å². The Hall–Kier alpha value is -2.96. The molecule has 0 radical (unpaired) electrons. The van der Waals surface area contributed by atoms with Crippen molar-refractivity contribution in [1.29, 1.82) is 0 Å². The molecule has 0 aliphatic carbocycles. The van der Waals surface area contributed by atoms with Gasteiger partial charge in [0.05, 0.1) is 0 Å². The minimum Gasteiger partial charge on any atom is -0.435 e. The molecule has 1 heterocycles. The van der Waals surface area contributed by atoms with E-state index in [1.54, 1.807) is 31.3 Å². The van der Waals surface area contributed by atoms with Crippen molar-refractivity contribution in [3.8, 4) is 5.75 Å². The molecular formula is C20H21F2N3O2. The highest BCUT2D eigenvalue weighted by Crippen LogP contribution is 2.41. The third-order valence-corrected chi connectivity index (χ3v) is 4.70. The van der Waals surface area contributed by atoms with E-state index in [0.29, 0.717) is 16.7 Å². The summed E-state index contributed by atoms with van der Waals surface area (Å²) in [5.41, 5.74) is 6.36. The molecule has 2 N–H and O–H groups in total. The number of rotatable bonds is 5. The molecule has 5 nitrogen and oxygen atoms in total. The molecule has 0 spiro atoms. The third-order valence-electron chi connectivity index (χ3n) is 4.70. The molecule has 0 bridgehead atoms. The predicted molar refractivity (Wildman–Crippen MR) is 98.8 cm³/mol. The molecule has 2 aromatic rings. The number of nitrogens with two attached hydrogens (primary N) is 1. The summed E-state index contributed by atoms with van der Waals surface area (Å²) in [4.78, 5) is 19.0. The van der Waals surface area contributed by atoms with Crippen molar-refractivity contribution in [1.82, 2.24) is 4.90 Å². The van der Waals surface area contributed by atoms with Crippen LogP contribution in [0.4, 0.5) is 8.78 Å². The molecule has 3 rings (SSSR count). The van der Waals surface area contributed by atoms with Crippen LogP contribution in [0.3, 0.4) is 0 Å². The Balaban J connectivity index is 2.23. The zero-order chi connectivity index (χ0) is 19.8. The van der Waals surface area contributed by atoms with Crippen LogP contribution in [0.1, 0.15) is 36.5 Å². The van der Waals surface area contributed by atoms with Gasteiger partial charge in [-0.05, 0) is 34.7 Å². The van der Waals surface area contributed by atoms with E-state index in [4.69, 9.17) is 5.73 Å². The highest BCUT2D eigenvalue weighted by atomic mass is 19.3. The Morgan fingerprint density at radius 3 is 2.30 bits per heavy atom. The minimum atomic E-state index is -2.93. The molecule has 7 heteroatoms. The molecule has 2 aromatic carbocycles. The van der Waals surface area contributed by atoms with Gasteiger partial charge >= 0.3 is 6.61 Å². The van der Waals surface area contributed by atoms with Gasteiger partial charge in [-0.25, -0.2) is 4.99 Å². The molecule has 0 saturated carbocycles. The SMILES string of the molecule is CC(C)c1cc([C@@]2(c3ccccc3)N=C(N)N(C)C2=O)ccc1OC(F)F. The van der Waals surface area contributed by atoms with Crippen molar-refractivity contribution in [3.63, 3.8) is 0 Å². The molecule has 1 amide bonds. The Labute approximate surface area is 156 Å². The van der Waals surface area contributed by atoms with Crippen molar-refractivity contribution in [2.24, 2.45) is 10.7 Å². The van der Waals surface area contributed by atoms with Crippen LogP contribution in [-0.4, -0.2) is 30.4 Å². The number of hydrogen-bond donors (Lipinski definition) is 1. The van der Waals surface area contributed by atoms with Gasteiger partial charge in [-0.15, -0.1) is 0 Å². The standard InChI is InChI=1S/C20H21F2N3O2/c1-12(2)15-11-14(9-10-16(15)27-18(21)22)20(13-7-5-4-6-8-13)17(26)25(3)19(23)24-20/h4-12,18H,1-3H3,(H2,23,24)/t20-/m1/s1. The molecule has 0 fully saturated rings. The number of benzene rings is 2. The highest BCUT2D eigenvalue weighted by molar-refractivity contribution is 6.08. The summed E-state index contributed by atoms with van der Waals surface area (Å²) in [6.07, 6.45) is 0. The lowest BCUT2D eigenvalue weighted by molar-refractivity contribution is -0.129. The fourth-order valence-corrected chi connectivity index (χ4v) is 3.29. The summed E-state index contributed by atoms with van der Waals surface area (Å²) < 4.78 is 30.1. The first-order valence-corrected chi connectivity index (χ1v) is 8.55. The fourth-order valence-electron chi connectivity index (χ4n) is 3.29. The number of alkyl halides is 2. The first-order valence-electron chi connectivity index (χ1n) is 8.55. The van der Waals surface area contributed by atoms with E-state index >= 15 is 0 Å². The van der Waals surface area contributed by atoms with Crippen molar-refractivity contribution in [3.05, 3.63) is 65.2 Å². The average molecular weight is 373 g/mol. The Morgan fingerprint density at radius 1 is 1.11 bits per heavy atom. The van der Waals surface area contributed by atoms with E-state index in [1.807, 2.05) is 32.0 Å². The van der Waals surface area contributed by atoms with Gasteiger partial charge in [-0.1, -0.05) is 50.2 Å². The van der Waals surface area contributed by atoms with Gasteiger partial charge in [0.2, 0.25) is 0 Å². The van der Waals surface area contributed by atoms with E-state index in [0.717, 1.165) is 0 Å². The van der Waals surface area contributed by atoms with Crippen LogP contribution >= 0.6 is 0 Å². The predicted octanol–water partition coefficient (Wildman–Crippen LogP) is 3.44. The van der Waals surface area contributed by atoms with Gasteiger partial charge in [-0.2, -0.15) is 8.78 Å². The topological polar surface area (TPSA) is 67.9 Å². The number of halogens is 2. The van der Waals surface area contributed by atoms with E-state index in [-0.39, 0.29) is 23.5 Å². The van der Waals surface area contributed by atoms with Crippen LogP contribution in [-0.2, 0) is 10.3 Å². The van der Waals surface area contributed by atoms with Crippen LogP contribution in [0, 0.1) is 0 Å². The molecule has 1 aliphatic rings. The molecule has 0 unspecified atom stereocenters. The zero-order valence-corrected chi connectivity index (χ0v) is 15.3. The number of carbonyl (C=O) groups excluding carboxylic acids is 1. The van der Waals surface area contributed by atoms with E-state index < -0.39 is 12.2 Å². The van der Waals surface area contributed by atoms with Crippen molar-refractivity contribution in [2.45, 2.75) is 31.9 Å². The Bertz CT molecular complexity index is 884. The second-order valence-corrected chi connectivity index (χ2v) is 6.70. The van der Waals surface area contributed by atoms with Crippen molar-refractivity contribution < 1.29 is 18.3 Å². The highest BCUT2D eigenvalue weighted by Gasteiger charge is 2.49. The second kappa shape index (κ2) is 6.98. The smallest absolute Gasteiger partial charge is 0.387 e. The van der Waals surface area contributed by atoms with Crippen LogP contribution in [0.25, 0.3) is 0 Å². The van der Waals surface area contributed by atoms with Crippen LogP contribution in [0.2, 0.25) is 0 Å². The molecule has 0 saturated heterocycles. The number of nitrogens with zero attached hydrogens (tertiary/aromatic N) is 2.